The predicted molar refractivity (Wildman–Crippen MR) is 103 cm³/mol. The summed E-state index contributed by atoms with van der Waals surface area (Å²) in [6, 6.07) is 12.5. The van der Waals surface area contributed by atoms with E-state index in [0.29, 0.717) is 16.1 Å². The second kappa shape index (κ2) is 9.14. The number of nitro benzene ring substituents is 1. The van der Waals surface area contributed by atoms with Gasteiger partial charge in [0.2, 0.25) is 5.91 Å². The summed E-state index contributed by atoms with van der Waals surface area (Å²) in [7, 11) is 1.63. The minimum atomic E-state index is -0.470. The number of amides is 2. The molecule has 27 heavy (non-hydrogen) atoms. The van der Waals surface area contributed by atoms with Crippen molar-refractivity contribution in [3.05, 3.63) is 74.8 Å². The molecule has 2 amide bonds. The van der Waals surface area contributed by atoms with Crippen molar-refractivity contribution in [2.24, 2.45) is 0 Å². The monoisotopic (exact) mass is 389 g/mol. The first-order valence-corrected chi connectivity index (χ1v) is 8.71. The highest BCUT2D eigenvalue weighted by molar-refractivity contribution is 6.33. The summed E-state index contributed by atoms with van der Waals surface area (Å²) < 4.78 is 0. The van der Waals surface area contributed by atoms with E-state index in [1.54, 1.807) is 50.4 Å². The molecular formula is C19H20ClN3O4. The highest BCUT2D eigenvalue weighted by atomic mass is 35.5. The summed E-state index contributed by atoms with van der Waals surface area (Å²) in [5, 5.41) is 13.9. The maximum Gasteiger partial charge on any atom is 0.269 e. The number of hydrogen-bond donors (Lipinski definition) is 1. The molecule has 0 radical (unpaired) electrons. The Morgan fingerprint density at radius 1 is 1.22 bits per heavy atom. The lowest BCUT2D eigenvalue weighted by molar-refractivity contribution is -0.384. The first-order chi connectivity index (χ1) is 12.8. The number of rotatable bonds is 7. The average molecular weight is 390 g/mol. The lowest BCUT2D eigenvalue weighted by Crippen LogP contribution is -2.33. The Morgan fingerprint density at radius 2 is 1.93 bits per heavy atom. The van der Waals surface area contributed by atoms with E-state index in [4.69, 9.17) is 11.6 Å². The third kappa shape index (κ3) is 5.27. The van der Waals surface area contributed by atoms with Crippen LogP contribution in [-0.2, 0) is 4.79 Å². The number of nitrogens with zero attached hydrogens (tertiary/aromatic N) is 2. The molecule has 2 rings (SSSR count). The predicted octanol–water partition coefficient (Wildman–Crippen LogP) is 3.59. The molecule has 2 aromatic carbocycles. The van der Waals surface area contributed by atoms with Crippen LogP contribution in [-0.4, -0.2) is 35.2 Å². The van der Waals surface area contributed by atoms with E-state index in [0.717, 1.165) is 0 Å². The molecule has 0 bridgehead atoms. The fraction of sp³-hybridized carbons (Fsp3) is 0.263. The van der Waals surface area contributed by atoms with Gasteiger partial charge >= 0.3 is 0 Å². The fourth-order valence-electron chi connectivity index (χ4n) is 2.54. The van der Waals surface area contributed by atoms with E-state index in [1.807, 2.05) is 0 Å². The molecule has 1 N–H and O–H groups in total. The topological polar surface area (TPSA) is 92.6 Å². The van der Waals surface area contributed by atoms with Gasteiger partial charge in [0.15, 0.2) is 0 Å². The highest BCUT2D eigenvalue weighted by Gasteiger charge is 2.19. The van der Waals surface area contributed by atoms with Crippen LogP contribution in [0.5, 0.6) is 0 Å². The average Bonchev–Trinajstić information content (AvgIpc) is 2.67. The van der Waals surface area contributed by atoms with Crippen molar-refractivity contribution in [2.45, 2.75) is 19.4 Å². The minimum Gasteiger partial charge on any atom is -0.351 e. The molecule has 2 aromatic rings. The van der Waals surface area contributed by atoms with E-state index in [2.05, 4.69) is 5.32 Å². The van der Waals surface area contributed by atoms with Crippen LogP contribution in [0.4, 0.5) is 5.69 Å². The molecule has 0 aliphatic rings. The second-order valence-electron chi connectivity index (χ2n) is 6.02. The van der Waals surface area contributed by atoms with Crippen LogP contribution in [0.1, 0.15) is 35.3 Å². The molecule has 1 atom stereocenters. The summed E-state index contributed by atoms with van der Waals surface area (Å²) in [4.78, 5) is 36.4. The van der Waals surface area contributed by atoms with Crippen molar-refractivity contribution >= 4 is 29.1 Å². The maximum absolute atomic E-state index is 12.4. The standard InChI is InChI=1S/C19H20ClN3O4/c1-13(14-6-5-7-15(12-14)23(26)27)22(2)18(24)10-11-21-19(25)16-8-3-4-9-17(16)20/h3-9,12-13H,10-11H2,1-2H3,(H,21,25)/t13-/m1/s1. The number of nitrogens with one attached hydrogen (secondary N) is 1. The molecule has 7 nitrogen and oxygen atoms in total. The largest absolute Gasteiger partial charge is 0.351 e. The second-order valence-corrected chi connectivity index (χ2v) is 6.43. The number of carbonyl (C=O) groups excluding carboxylic acids is 2. The number of halogens is 1. The summed E-state index contributed by atoms with van der Waals surface area (Å²) in [5.41, 5.74) is 0.997. The van der Waals surface area contributed by atoms with Crippen molar-refractivity contribution < 1.29 is 14.5 Å². The van der Waals surface area contributed by atoms with Gasteiger partial charge in [-0.25, -0.2) is 0 Å². The number of non-ortho nitro benzene ring substituents is 1. The van der Waals surface area contributed by atoms with E-state index < -0.39 is 4.92 Å². The summed E-state index contributed by atoms with van der Waals surface area (Å²) in [6.07, 6.45) is 0.103. The molecule has 0 spiro atoms. The zero-order chi connectivity index (χ0) is 20.0. The lowest BCUT2D eigenvalue weighted by atomic mass is 10.1. The number of hydrogen-bond acceptors (Lipinski definition) is 4. The summed E-state index contributed by atoms with van der Waals surface area (Å²) >= 11 is 5.97. The molecular weight excluding hydrogens is 370 g/mol. The van der Waals surface area contributed by atoms with Gasteiger partial charge in [0.25, 0.3) is 11.6 Å². The summed E-state index contributed by atoms with van der Waals surface area (Å²) in [5.74, 6) is -0.531. The smallest absolute Gasteiger partial charge is 0.269 e. The van der Waals surface area contributed by atoms with Gasteiger partial charge in [0.05, 0.1) is 21.6 Å². The van der Waals surface area contributed by atoms with Crippen LogP contribution < -0.4 is 5.32 Å². The Kier molecular flexibility index (Phi) is 6.90. The van der Waals surface area contributed by atoms with Crippen LogP contribution in [0.15, 0.2) is 48.5 Å². The molecule has 0 aromatic heterocycles. The third-order valence-corrected chi connectivity index (χ3v) is 4.61. The van der Waals surface area contributed by atoms with Crippen molar-refractivity contribution in [3.8, 4) is 0 Å². The Morgan fingerprint density at radius 3 is 2.59 bits per heavy atom. The normalized spacial score (nSPS) is 11.5. The fourth-order valence-corrected chi connectivity index (χ4v) is 2.76. The van der Waals surface area contributed by atoms with Crippen LogP contribution >= 0.6 is 11.6 Å². The maximum atomic E-state index is 12.4. The van der Waals surface area contributed by atoms with Crippen molar-refractivity contribution in [1.82, 2.24) is 10.2 Å². The van der Waals surface area contributed by atoms with Crippen molar-refractivity contribution in [1.29, 1.82) is 0 Å². The zero-order valence-corrected chi connectivity index (χ0v) is 15.8. The lowest BCUT2D eigenvalue weighted by Gasteiger charge is -2.25. The van der Waals surface area contributed by atoms with Crippen molar-refractivity contribution in [2.75, 3.05) is 13.6 Å². The zero-order valence-electron chi connectivity index (χ0n) is 15.0. The molecule has 8 heteroatoms. The van der Waals surface area contributed by atoms with E-state index in [1.165, 1.54) is 17.0 Å². The molecule has 0 saturated heterocycles. The van der Waals surface area contributed by atoms with Gasteiger partial charge < -0.3 is 10.2 Å². The van der Waals surface area contributed by atoms with Gasteiger partial charge in [-0.1, -0.05) is 35.9 Å². The van der Waals surface area contributed by atoms with Gasteiger partial charge in [-0.15, -0.1) is 0 Å². The Labute approximate surface area is 162 Å². The van der Waals surface area contributed by atoms with Crippen LogP contribution in [0.3, 0.4) is 0 Å². The van der Waals surface area contributed by atoms with Crippen LogP contribution in [0, 0.1) is 10.1 Å². The van der Waals surface area contributed by atoms with E-state index in [9.17, 15) is 19.7 Å². The SMILES string of the molecule is C[C@H](c1cccc([N+](=O)[O-])c1)N(C)C(=O)CCNC(=O)c1ccccc1Cl. The molecule has 0 heterocycles. The van der Waals surface area contributed by atoms with Crippen molar-refractivity contribution in [3.63, 3.8) is 0 Å². The van der Waals surface area contributed by atoms with Gasteiger partial charge in [-0.2, -0.15) is 0 Å². The van der Waals surface area contributed by atoms with Gasteiger partial charge in [-0.05, 0) is 24.6 Å². The number of benzene rings is 2. The number of carbonyl (C=O) groups is 2. The molecule has 0 fully saturated rings. The Hall–Kier alpha value is -2.93. The summed E-state index contributed by atoms with van der Waals surface area (Å²) in [6.45, 7) is 1.95. The molecule has 0 saturated carbocycles. The first-order valence-electron chi connectivity index (χ1n) is 8.34. The molecule has 0 unspecified atom stereocenters. The quantitative estimate of drug-likeness (QED) is 0.578. The van der Waals surface area contributed by atoms with Gasteiger partial charge in [-0.3, -0.25) is 19.7 Å². The Bertz CT molecular complexity index is 856. The van der Waals surface area contributed by atoms with E-state index >= 15 is 0 Å². The first kappa shape index (κ1) is 20.4. The minimum absolute atomic E-state index is 0.0211. The van der Waals surface area contributed by atoms with Gasteiger partial charge in [0.1, 0.15) is 0 Å². The molecule has 0 aliphatic carbocycles. The molecule has 0 aliphatic heterocycles. The van der Waals surface area contributed by atoms with Crippen LogP contribution in [0.2, 0.25) is 5.02 Å². The third-order valence-electron chi connectivity index (χ3n) is 4.28. The van der Waals surface area contributed by atoms with Gasteiger partial charge in [0, 0.05) is 32.1 Å². The highest BCUT2D eigenvalue weighted by Crippen LogP contribution is 2.23. The Balaban J connectivity index is 1.91. The van der Waals surface area contributed by atoms with E-state index in [-0.39, 0.29) is 36.5 Å². The van der Waals surface area contributed by atoms with Crippen LogP contribution in [0.25, 0.3) is 0 Å². The number of nitro groups is 1. The molecule has 142 valence electrons.